The summed E-state index contributed by atoms with van der Waals surface area (Å²) in [5.41, 5.74) is -2.60. The lowest BCUT2D eigenvalue weighted by molar-refractivity contribution is -0.349. The quantitative estimate of drug-likeness (QED) is 0.311. The Morgan fingerprint density at radius 3 is 2.16 bits per heavy atom. The van der Waals surface area contributed by atoms with Crippen LogP contribution in [0.25, 0.3) is 0 Å². The standard InChI is InChI=1S/C28H40O9/c1-15(2)24(32)36-19-10-9-16(3)26(7)21(19)25(6)11-12-28(13-20(31)33-14-28)37-27(25,8)23(35-18(5)30)22(26)34-17(4)29/h9,15,19,21-23H,10-14H2,1-8H3/t19-,21-,22+,23+,25-,26+,27+,28+/m1/s1. The summed E-state index contributed by atoms with van der Waals surface area (Å²) in [4.78, 5) is 50.0. The zero-order valence-electron chi connectivity index (χ0n) is 23.2. The van der Waals surface area contributed by atoms with Crippen LogP contribution in [0.5, 0.6) is 0 Å². The number of carbonyl (C=O) groups is 4. The molecule has 4 aliphatic rings. The summed E-state index contributed by atoms with van der Waals surface area (Å²) >= 11 is 0. The van der Waals surface area contributed by atoms with Crippen molar-refractivity contribution < 1.29 is 42.9 Å². The molecule has 8 atom stereocenters. The minimum atomic E-state index is -1.19. The van der Waals surface area contributed by atoms with Crippen molar-refractivity contribution in [1.29, 1.82) is 0 Å². The zero-order chi connectivity index (χ0) is 27.6. The summed E-state index contributed by atoms with van der Waals surface area (Å²) in [5.74, 6) is -2.34. The number of esters is 4. The lowest BCUT2D eigenvalue weighted by Crippen LogP contribution is -2.78. The van der Waals surface area contributed by atoms with Gasteiger partial charge in [0.1, 0.15) is 23.9 Å². The molecule has 1 spiro atoms. The molecule has 0 aromatic heterocycles. The second kappa shape index (κ2) is 9.10. The summed E-state index contributed by atoms with van der Waals surface area (Å²) < 4.78 is 30.3. The van der Waals surface area contributed by atoms with E-state index in [-0.39, 0.29) is 36.8 Å². The molecule has 9 nitrogen and oxygen atoms in total. The van der Waals surface area contributed by atoms with Gasteiger partial charge in [0, 0.05) is 37.0 Å². The summed E-state index contributed by atoms with van der Waals surface area (Å²) in [6, 6.07) is 0. The Morgan fingerprint density at radius 1 is 1.00 bits per heavy atom. The second-order valence-corrected chi connectivity index (χ2v) is 12.2. The van der Waals surface area contributed by atoms with Gasteiger partial charge in [-0.1, -0.05) is 39.3 Å². The first-order chi connectivity index (χ1) is 17.1. The average molecular weight is 521 g/mol. The fourth-order valence-electron chi connectivity index (χ4n) is 7.48. The monoisotopic (exact) mass is 520 g/mol. The molecular weight excluding hydrogens is 480 g/mol. The molecule has 0 aromatic rings. The number of carbonyl (C=O) groups excluding carboxylic acids is 4. The first-order valence-electron chi connectivity index (χ1n) is 13.2. The van der Waals surface area contributed by atoms with Gasteiger partial charge in [-0.05, 0) is 26.7 Å². The van der Waals surface area contributed by atoms with E-state index in [9.17, 15) is 19.2 Å². The normalized spacial score (nSPS) is 42.8. The number of fused-ring (bicyclic) bond motifs is 3. The van der Waals surface area contributed by atoms with Gasteiger partial charge in [-0.2, -0.15) is 0 Å². The first kappa shape index (κ1) is 27.6. The third-order valence-corrected chi connectivity index (χ3v) is 9.57. The van der Waals surface area contributed by atoms with Gasteiger partial charge in [-0.25, -0.2) is 0 Å². The van der Waals surface area contributed by atoms with E-state index in [0.29, 0.717) is 19.3 Å². The first-order valence-corrected chi connectivity index (χ1v) is 13.2. The minimum Gasteiger partial charge on any atom is -0.463 e. The molecule has 9 heteroatoms. The molecule has 3 fully saturated rings. The predicted octanol–water partition coefficient (Wildman–Crippen LogP) is 3.66. The predicted molar refractivity (Wildman–Crippen MR) is 131 cm³/mol. The van der Waals surface area contributed by atoms with E-state index in [1.807, 2.05) is 26.8 Å². The molecule has 0 bridgehead atoms. The van der Waals surface area contributed by atoms with Crippen molar-refractivity contribution in [3.8, 4) is 0 Å². The van der Waals surface area contributed by atoms with Crippen molar-refractivity contribution in [1.82, 2.24) is 0 Å². The number of cyclic esters (lactones) is 1. The fourth-order valence-corrected chi connectivity index (χ4v) is 7.48. The third-order valence-electron chi connectivity index (χ3n) is 9.57. The third kappa shape index (κ3) is 4.17. The van der Waals surface area contributed by atoms with Crippen molar-refractivity contribution in [3.05, 3.63) is 11.6 Å². The molecule has 2 aliphatic heterocycles. The van der Waals surface area contributed by atoms with Gasteiger partial charge < -0.3 is 23.7 Å². The largest absolute Gasteiger partial charge is 0.463 e. The Kier molecular flexibility index (Phi) is 6.79. The van der Waals surface area contributed by atoms with Gasteiger partial charge in [0.2, 0.25) is 0 Å². The Bertz CT molecular complexity index is 1030. The smallest absolute Gasteiger partial charge is 0.308 e. The van der Waals surface area contributed by atoms with Gasteiger partial charge in [0.05, 0.1) is 12.3 Å². The maximum absolute atomic E-state index is 12.8. The van der Waals surface area contributed by atoms with Crippen molar-refractivity contribution in [3.63, 3.8) is 0 Å². The molecule has 2 saturated heterocycles. The topological polar surface area (TPSA) is 114 Å². The average Bonchev–Trinajstić information content (AvgIpc) is 3.14. The molecule has 0 radical (unpaired) electrons. The van der Waals surface area contributed by atoms with E-state index in [0.717, 1.165) is 5.57 Å². The van der Waals surface area contributed by atoms with Crippen LogP contribution in [0.1, 0.15) is 81.1 Å². The molecule has 0 N–H and O–H groups in total. The van der Waals surface area contributed by atoms with Crippen LogP contribution in [-0.2, 0) is 42.9 Å². The molecular formula is C28H40O9. The van der Waals surface area contributed by atoms with E-state index in [1.165, 1.54) is 13.8 Å². The number of ether oxygens (including phenoxy) is 5. The van der Waals surface area contributed by atoms with Crippen LogP contribution in [0.4, 0.5) is 0 Å². The van der Waals surface area contributed by atoms with Crippen molar-refractivity contribution in [2.75, 3.05) is 6.61 Å². The Balaban J connectivity index is 1.93. The molecule has 2 aliphatic carbocycles. The van der Waals surface area contributed by atoms with Crippen LogP contribution in [0.3, 0.4) is 0 Å². The highest BCUT2D eigenvalue weighted by Crippen LogP contribution is 2.68. The van der Waals surface area contributed by atoms with Gasteiger partial charge in [-0.3, -0.25) is 19.2 Å². The molecule has 0 amide bonds. The highest BCUT2D eigenvalue weighted by molar-refractivity contribution is 5.73. The van der Waals surface area contributed by atoms with E-state index < -0.39 is 52.3 Å². The van der Waals surface area contributed by atoms with Crippen LogP contribution in [0, 0.1) is 22.7 Å². The summed E-state index contributed by atoms with van der Waals surface area (Å²) in [5, 5.41) is 0. The van der Waals surface area contributed by atoms with Gasteiger partial charge in [0.15, 0.2) is 12.2 Å². The van der Waals surface area contributed by atoms with Crippen LogP contribution in [-0.4, -0.2) is 60.0 Å². The van der Waals surface area contributed by atoms with E-state index >= 15 is 0 Å². The van der Waals surface area contributed by atoms with Crippen LogP contribution in [0.15, 0.2) is 11.6 Å². The van der Waals surface area contributed by atoms with E-state index in [1.54, 1.807) is 13.8 Å². The lowest BCUT2D eigenvalue weighted by atomic mass is 9.41. The van der Waals surface area contributed by atoms with Crippen molar-refractivity contribution in [2.45, 2.75) is 111 Å². The highest BCUT2D eigenvalue weighted by Gasteiger charge is 2.76. The molecule has 0 unspecified atom stereocenters. The highest BCUT2D eigenvalue weighted by atomic mass is 16.6. The Labute approximate surface area is 218 Å². The summed E-state index contributed by atoms with van der Waals surface area (Å²) in [6.45, 7) is 14.3. The zero-order valence-corrected chi connectivity index (χ0v) is 23.2. The number of hydrogen-bond donors (Lipinski definition) is 0. The molecule has 0 aromatic carbocycles. The Hall–Kier alpha value is -2.42. The second-order valence-electron chi connectivity index (χ2n) is 12.2. The molecule has 206 valence electrons. The van der Waals surface area contributed by atoms with Crippen molar-refractivity contribution >= 4 is 23.9 Å². The summed E-state index contributed by atoms with van der Waals surface area (Å²) in [6.07, 6.45) is 1.38. The van der Waals surface area contributed by atoms with E-state index in [2.05, 4.69) is 6.92 Å². The molecule has 37 heavy (non-hydrogen) atoms. The van der Waals surface area contributed by atoms with Gasteiger partial charge >= 0.3 is 23.9 Å². The molecule has 2 heterocycles. The fraction of sp³-hybridized carbons (Fsp3) is 0.786. The molecule has 4 rings (SSSR count). The van der Waals surface area contributed by atoms with Crippen molar-refractivity contribution in [2.24, 2.45) is 22.7 Å². The minimum absolute atomic E-state index is 0.0936. The maximum atomic E-state index is 12.8. The SMILES string of the molecule is CC(=O)O[C@H]1[C@H](OC(C)=O)[C@]2(C)O[C@]3(CC[C@]2(C)[C@H]2[C@H](OC(=O)C(C)C)CC=C(C)[C@]12C)COC(=O)C3. The van der Waals surface area contributed by atoms with Crippen LogP contribution < -0.4 is 0 Å². The van der Waals surface area contributed by atoms with Gasteiger partial charge in [0.25, 0.3) is 0 Å². The maximum Gasteiger partial charge on any atom is 0.308 e. The molecule has 1 saturated carbocycles. The van der Waals surface area contributed by atoms with Gasteiger partial charge in [-0.15, -0.1) is 0 Å². The van der Waals surface area contributed by atoms with E-state index in [4.69, 9.17) is 23.7 Å². The number of hydrogen-bond acceptors (Lipinski definition) is 9. The number of rotatable bonds is 4. The van der Waals surface area contributed by atoms with Crippen LogP contribution >= 0.6 is 0 Å². The Morgan fingerprint density at radius 2 is 1.62 bits per heavy atom. The van der Waals surface area contributed by atoms with Crippen LogP contribution in [0.2, 0.25) is 0 Å². The summed E-state index contributed by atoms with van der Waals surface area (Å²) in [7, 11) is 0. The lowest BCUT2D eigenvalue weighted by Gasteiger charge is -2.70.